The molecule has 6 heteroatoms. The van der Waals surface area contributed by atoms with Gasteiger partial charge in [-0.15, -0.1) is 0 Å². The molecule has 0 aliphatic carbocycles. The number of carbonyl (C=O) groups is 2. The molecule has 5 rings (SSSR count). The zero-order chi connectivity index (χ0) is 21.9. The summed E-state index contributed by atoms with van der Waals surface area (Å²) in [6.45, 7) is 1.80. The van der Waals surface area contributed by atoms with Gasteiger partial charge in [-0.05, 0) is 55.2 Å². The Kier molecular flexibility index (Phi) is 5.58. The predicted molar refractivity (Wildman–Crippen MR) is 126 cm³/mol. The molecule has 0 saturated carbocycles. The number of aromatic nitrogens is 2. The quantitative estimate of drug-likeness (QED) is 0.603. The summed E-state index contributed by atoms with van der Waals surface area (Å²) in [6, 6.07) is 15.5. The summed E-state index contributed by atoms with van der Waals surface area (Å²) < 4.78 is 2.23. The van der Waals surface area contributed by atoms with Crippen molar-refractivity contribution in [3.63, 3.8) is 0 Å². The molecular formula is C26H26N4O2. The van der Waals surface area contributed by atoms with Gasteiger partial charge in [0.05, 0.1) is 5.69 Å². The first kappa shape index (κ1) is 20.2. The fourth-order valence-corrected chi connectivity index (χ4v) is 4.35. The first-order valence-corrected chi connectivity index (χ1v) is 11.2. The topological polar surface area (TPSA) is 67.2 Å². The van der Waals surface area contributed by atoms with Gasteiger partial charge in [-0.2, -0.15) is 0 Å². The van der Waals surface area contributed by atoms with Crippen LogP contribution < -0.4 is 10.2 Å². The van der Waals surface area contributed by atoms with Crippen molar-refractivity contribution >= 4 is 29.3 Å². The van der Waals surface area contributed by atoms with Crippen LogP contribution in [0.3, 0.4) is 0 Å². The molecule has 1 aromatic heterocycles. The summed E-state index contributed by atoms with van der Waals surface area (Å²) in [4.78, 5) is 30.9. The number of carbonyl (C=O) groups excluding carboxylic acids is 2. The van der Waals surface area contributed by atoms with Crippen molar-refractivity contribution in [2.45, 2.75) is 38.6 Å². The molecule has 1 saturated heterocycles. The molecule has 1 fully saturated rings. The Hall–Kier alpha value is -3.67. The molecule has 3 heterocycles. The maximum atomic E-state index is 12.4. The average Bonchev–Trinajstić information content (AvgIpc) is 3.44. The molecule has 0 unspecified atom stereocenters. The molecule has 6 nitrogen and oxygen atoms in total. The number of imidazole rings is 1. The number of amides is 2. The lowest BCUT2D eigenvalue weighted by Gasteiger charge is -2.15. The molecule has 32 heavy (non-hydrogen) atoms. The standard InChI is InChI=1S/C26H26N4O2/c31-25(14-11-19-9-12-22(13-10-19)30-16-4-8-26(30)32)27-21-6-3-5-20(17-21)23-18-29-15-2-1-7-24(29)28-23/h3,5-6,9-14,17-18H,1-2,4,7-8,15-16H2,(H,27,31)/b14-11+. The molecule has 0 spiro atoms. The van der Waals surface area contributed by atoms with Crippen LogP contribution in [0.15, 0.2) is 60.8 Å². The molecule has 2 aliphatic heterocycles. The van der Waals surface area contributed by atoms with Crippen molar-refractivity contribution in [2.75, 3.05) is 16.8 Å². The lowest BCUT2D eigenvalue weighted by molar-refractivity contribution is -0.117. The van der Waals surface area contributed by atoms with Crippen molar-refractivity contribution in [2.24, 2.45) is 0 Å². The van der Waals surface area contributed by atoms with Gasteiger partial charge in [-0.3, -0.25) is 9.59 Å². The van der Waals surface area contributed by atoms with Crippen LogP contribution in [0.1, 0.15) is 37.1 Å². The van der Waals surface area contributed by atoms with E-state index in [1.807, 2.05) is 53.4 Å². The first-order valence-electron chi connectivity index (χ1n) is 11.2. The van der Waals surface area contributed by atoms with E-state index in [2.05, 4.69) is 16.1 Å². The Labute approximate surface area is 187 Å². The molecule has 162 valence electrons. The second kappa shape index (κ2) is 8.83. The fourth-order valence-electron chi connectivity index (χ4n) is 4.35. The summed E-state index contributed by atoms with van der Waals surface area (Å²) in [5.41, 5.74) is 4.51. The summed E-state index contributed by atoms with van der Waals surface area (Å²) in [6.07, 6.45) is 10.3. The van der Waals surface area contributed by atoms with Crippen LogP contribution in [0.4, 0.5) is 11.4 Å². The molecule has 3 aromatic rings. The predicted octanol–water partition coefficient (Wildman–Crippen LogP) is 4.67. The van der Waals surface area contributed by atoms with E-state index < -0.39 is 0 Å². The summed E-state index contributed by atoms with van der Waals surface area (Å²) in [5.74, 6) is 1.12. The Balaban J connectivity index is 1.23. The highest BCUT2D eigenvalue weighted by molar-refractivity contribution is 6.02. The van der Waals surface area contributed by atoms with Crippen LogP contribution in [0.5, 0.6) is 0 Å². The third-order valence-corrected chi connectivity index (χ3v) is 6.04. The largest absolute Gasteiger partial charge is 0.334 e. The van der Waals surface area contributed by atoms with Gasteiger partial charge in [0.2, 0.25) is 11.8 Å². The van der Waals surface area contributed by atoms with E-state index in [1.54, 1.807) is 6.08 Å². The third-order valence-electron chi connectivity index (χ3n) is 6.04. The van der Waals surface area contributed by atoms with E-state index in [9.17, 15) is 9.59 Å². The summed E-state index contributed by atoms with van der Waals surface area (Å²) in [7, 11) is 0. The van der Waals surface area contributed by atoms with Crippen molar-refractivity contribution < 1.29 is 9.59 Å². The van der Waals surface area contributed by atoms with Gasteiger partial charge in [0.15, 0.2) is 0 Å². The van der Waals surface area contributed by atoms with Gasteiger partial charge in [0.25, 0.3) is 0 Å². The molecule has 0 bridgehead atoms. The number of hydrogen-bond acceptors (Lipinski definition) is 3. The van der Waals surface area contributed by atoms with Gasteiger partial charge < -0.3 is 14.8 Å². The number of nitrogens with zero attached hydrogens (tertiary/aromatic N) is 3. The smallest absolute Gasteiger partial charge is 0.248 e. The van der Waals surface area contributed by atoms with Crippen LogP contribution in [0, 0.1) is 0 Å². The van der Waals surface area contributed by atoms with Crippen molar-refractivity contribution in [1.82, 2.24) is 9.55 Å². The molecule has 2 aliphatic rings. The monoisotopic (exact) mass is 426 g/mol. The lowest BCUT2D eigenvalue weighted by Crippen LogP contribution is -2.23. The summed E-state index contributed by atoms with van der Waals surface area (Å²) >= 11 is 0. The zero-order valence-corrected chi connectivity index (χ0v) is 18.0. The highest BCUT2D eigenvalue weighted by Crippen LogP contribution is 2.25. The van der Waals surface area contributed by atoms with Crippen LogP contribution in [-0.4, -0.2) is 27.9 Å². The highest BCUT2D eigenvalue weighted by atomic mass is 16.2. The number of anilines is 2. The molecule has 0 atom stereocenters. The Morgan fingerprint density at radius 2 is 1.88 bits per heavy atom. The van der Waals surface area contributed by atoms with E-state index in [0.29, 0.717) is 6.42 Å². The Morgan fingerprint density at radius 1 is 1.00 bits per heavy atom. The van der Waals surface area contributed by atoms with E-state index in [1.165, 1.54) is 18.9 Å². The number of fused-ring (bicyclic) bond motifs is 1. The molecular weight excluding hydrogens is 400 g/mol. The zero-order valence-electron chi connectivity index (χ0n) is 18.0. The SMILES string of the molecule is O=C(/C=C/c1ccc(N2CCCC2=O)cc1)Nc1cccc(-c2cn3c(n2)CCCC3)c1. The van der Waals surface area contributed by atoms with E-state index in [0.717, 1.165) is 60.0 Å². The number of rotatable bonds is 5. The van der Waals surface area contributed by atoms with Gasteiger partial charge in [-0.25, -0.2) is 4.98 Å². The van der Waals surface area contributed by atoms with Crippen LogP contribution >= 0.6 is 0 Å². The fraction of sp³-hybridized carbons (Fsp3) is 0.269. The van der Waals surface area contributed by atoms with Gasteiger partial charge >= 0.3 is 0 Å². The van der Waals surface area contributed by atoms with Crippen LogP contribution in [-0.2, 0) is 22.6 Å². The molecule has 1 N–H and O–H groups in total. The van der Waals surface area contributed by atoms with Crippen molar-refractivity contribution in [3.05, 3.63) is 72.2 Å². The number of nitrogens with one attached hydrogen (secondary N) is 1. The molecule has 0 radical (unpaired) electrons. The normalized spacial score (nSPS) is 15.9. The maximum absolute atomic E-state index is 12.4. The van der Waals surface area contributed by atoms with Gasteiger partial charge in [0.1, 0.15) is 5.82 Å². The van der Waals surface area contributed by atoms with Gasteiger partial charge in [-0.1, -0.05) is 24.3 Å². The minimum atomic E-state index is -0.190. The molecule has 2 amide bonds. The first-order chi connectivity index (χ1) is 15.7. The van der Waals surface area contributed by atoms with Crippen molar-refractivity contribution in [3.8, 4) is 11.3 Å². The molecule has 2 aromatic carbocycles. The number of aryl methyl sites for hydroxylation is 2. The third kappa shape index (κ3) is 4.35. The van der Waals surface area contributed by atoms with Gasteiger partial charge in [0, 0.05) is 55.1 Å². The van der Waals surface area contributed by atoms with E-state index in [4.69, 9.17) is 4.98 Å². The second-order valence-corrected chi connectivity index (χ2v) is 8.34. The highest BCUT2D eigenvalue weighted by Gasteiger charge is 2.21. The summed E-state index contributed by atoms with van der Waals surface area (Å²) in [5, 5.41) is 2.93. The lowest BCUT2D eigenvalue weighted by atomic mass is 10.1. The maximum Gasteiger partial charge on any atom is 0.248 e. The van der Waals surface area contributed by atoms with Crippen LogP contribution in [0.2, 0.25) is 0 Å². The minimum absolute atomic E-state index is 0.172. The number of benzene rings is 2. The Morgan fingerprint density at radius 3 is 2.66 bits per heavy atom. The minimum Gasteiger partial charge on any atom is -0.334 e. The van der Waals surface area contributed by atoms with Crippen molar-refractivity contribution in [1.29, 1.82) is 0 Å². The van der Waals surface area contributed by atoms with E-state index in [-0.39, 0.29) is 11.8 Å². The van der Waals surface area contributed by atoms with E-state index >= 15 is 0 Å². The average molecular weight is 427 g/mol. The Bertz CT molecular complexity index is 1150. The second-order valence-electron chi connectivity index (χ2n) is 8.34. The van der Waals surface area contributed by atoms with Crippen LogP contribution in [0.25, 0.3) is 17.3 Å². The number of hydrogen-bond donors (Lipinski definition) is 1.